The summed E-state index contributed by atoms with van der Waals surface area (Å²) in [6.45, 7) is 5.03. The normalized spacial score (nSPS) is 12.4. The Bertz CT molecular complexity index is 337. The summed E-state index contributed by atoms with van der Waals surface area (Å²) in [5.41, 5.74) is 0.780. The predicted octanol–water partition coefficient (Wildman–Crippen LogP) is 1.65. The van der Waals surface area contributed by atoms with Gasteiger partial charge in [-0.25, -0.2) is 0 Å². The maximum absolute atomic E-state index is 9.95. The molecular formula is C13H21NO3. The summed E-state index contributed by atoms with van der Waals surface area (Å²) >= 11 is 0. The number of nitrogens with one attached hydrogen (secondary N) is 1. The molecule has 1 rings (SSSR count). The molecule has 0 radical (unpaired) electrons. The van der Waals surface area contributed by atoms with Gasteiger partial charge in [0.15, 0.2) is 11.5 Å². The molecule has 0 saturated carbocycles. The third-order valence-corrected chi connectivity index (χ3v) is 2.68. The summed E-state index contributed by atoms with van der Waals surface area (Å²) in [4.78, 5) is 0. The summed E-state index contributed by atoms with van der Waals surface area (Å²) in [6, 6.07) is 5.49. The minimum Gasteiger partial charge on any atom is -0.504 e. The van der Waals surface area contributed by atoms with Crippen molar-refractivity contribution >= 4 is 0 Å². The highest BCUT2D eigenvalue weighted by molar-refractivity contribution is 5.45. The van der Waals surface area contributed by atoms with Crippen molar-refractivity contribution in [2.45, 2.75) is 32.9 Å². The van der Waals surface area contributed by atoms with Gasteiger partial charge in [-0.1, -0.05) is 19.1 Å². The summed E-state index contributed by atoms with van der Waals surface area (Å²) in [6.07, 6.45) is 0.850. The fourth-order valence-corrected chi connectivity index (χ4v) is 1.57. The fraction of sp³-hybridized carbons (Fsp3) is 0.538. The number of rotatable bonds is 7. The van der Waals surface area contributed by atoms with Gasteiger partial charge in [0.2, 0.25) is 0 Å². The lowest BCUT2D eigenvalue weighted by molar-refractivity contribution is 0.237. The van der Waals surface area contributed by atoms with Gasteiger partial charge >= 0.3 is 0 Å². The maximum atomic E-state index is 9.95. The van der Waals surface area contributed by atoms with Crippen molar-refractivity contribution in [2.75, 3.05) is 13.2 Å². The van der Waals surface area contributed by atoms with Gasteiger partial charge in [-0.3, -0.25) is 0 Å². The molecule has 0 heterocycles. The zero-order valence-electron chi connectivity index (χ0n) is 10.4. The Morgan fingerprint density at radius 3 is 2.71 bits per heavy atom. The molecule has 4 nitrogen and oxygen atoms in total. The Labute approximate surface area is 102 Å². The lowest BCUT2D eigenvalue weighted by atomic mass is 10.1. The molecule has 1 atom stereocenters. The number of aliphatic hydroxyl groups excluding tert-OH is 1. The summed E-state index contributed by atoms with van der Waals surface area (Å²) < 4.78 is 5.31. The van der Waals surface area contributed by atoms with Crippen LogP contribution in [0.25, 0.3) is 0 Å². The van der Waals surface area contributed by atoms with Crippen LogP contribution in [0.2, 0.25) is 0 Å². The van der Waals surface area contributed by atoms with Crippen molar-refractivity contribution in [1.82, 2.24) is 5.32 Å². The van der Waals surface area contributed by atoms with Gasteiger partial charge in [0.1, 0.15) is 0 Å². The van der Waals surface area contributed by atoms with E-state index in [4.69, 9.17) is 9.84 Å². The first-order chi connectivity index (χ1) is 8.22. The first kappa shape index (κ1) is 13.8. The van der Waals surface area contributed by atoms with E-state index in [-0.39, 0.29) is 18.4 Å². The lowest BCUT2D eigenvalue weighted by Crippen LogP contribution is -2.31. The van der Waals surface area contributed by atoms with E-state index in [2.05, 4.69) is 5.32 Å². The third kappa shape index (κ3) is 3.91. The average Bonchev–Trinajstić information content (AvgIpc) is 2.35. The van der Waals surface area contributed by atoms with Gasteiger partial charge in [0, 0.05) is 18.2 Å². The van der Waals surface area contributed by atoms with Crippen molar-refractivity contribution in [1.29, 1.82) is 0 Å². The van der Waals surface area contributed by atoms with Crippen LogP contribution >= 0.6 is 0 Å². The first-order valence-electron chi connectivity index (χ1n) is 6.00. The molecule has 0 saturated heterocycles. The van der Waals surface area contributed by atoms with Crippen LogP contribution in [-0.2, 0) is 6.54 Å². The van der Waals surface area contributed by atoms with E-state index in [0.717, 1.165) is 12.0 Å². The highest BCUT2D eigenvalue weighted by Gasteiger charge is 2.09. The maximum Gasteiger partial charge on any atom is 0.162 e. The van der Waals surface area contributed by atoms with Crippen LogP contribution < -0.4 is 10.1 Å². The number of phenols is 1. The van der Waals surface area contributed by atoms with Gasteiger partial charge in [-0.2, -0.15) is 0 Å². The zero-order valence-corrected chi connectivity index (χ0v) is 10.4. The van der Waals surface area contributed by atoms with Crippen LogP contribution in [0.15, 0.2) is 18.2 Å². The van der Waals surface area contributed by atoms with E-state index < -0.39 is 0 Å². The third-order valence-electron chi connectivity index (χ3n) is 2.68. The van der Waals surface area contributed by atoms with E-state index in [0.29, 0.717) is 18.9 Å². The number of hydrogen-bond donors (Lipinski definition) is 3. The van der Waals surface area contributed by atoms with Crippen LogP contribution in [0.1, 0.15) is 25.8 Å². The quantitative estimate of drug-likeness (QED) is 0.677. The average molecular weight is 239 g/mol. The van der Waals surface area contributed by atoms with E-state index in [1.54, 1.807) is 6.07 Å². The minimum absolute atomic E-state index is 0.0603. The van der Waals surface area contributed by atoms with Gasteiger partial charge in [0.25, 0.3) is 0 Å². The van der Waals surface area contributed by atoms with Gasteiger partial charge < -0.3 is 20.3 Å². The SMILES string of the molecule is CCOc1cccc(CN[C@@H](CC)CO)c1O. The Morgan fingerprint density at radius 1 is 1.35 bits per heavy atom. The number of aliphatic hydroxyl groups is 1. The number of aromatic hydroxyl groups is 1. The summed E-state index contributed by atoms with van der Waals surface area (Å²) in [5.74, 6) is 0.679. The number of phenolic OH excluding ortho intramolecular Hbond substituents is 1. The van der Waals surface area contributed by atoms with E-state index in [9.17, 15) is 5.11 Å². The Kier molecular flexibility index (Phi) is 5.80. The molecular weight excluding hydrogens is 218 g/mol. The highest BCUT2D eigenvalue weighted by Crippen LogP contribution is 2.29. The molecule has 0 unspecified atom stereocenters. The number of ether oxygens (including phenoxy) is 1. The summed E-state index contributed by atoms with van der Waals surface area (Å²) in [5, 5.41) is 22.2. The Morgan fingerprint density at radius 2 is 2.12 bits per heavy atom. The molecule has 1 aromatic rings. The van der Waals surface area contributed by atoms with Crippen LogP contribution in [-0.4, -0.2) is 29.5 Å². The van der Waals surface area contributed by atoms with E-state index >= 15 is 0 Å². The minimum atomic E-state index is 0.0603. The molecule has 4 heteroatoms. The smallest absolute Gasteiger partial charge is 0.162 e. The monoisotopic (exact) mass is 239 g/mol. The Hall–Kier alpha value is -1.26. The molecule has 0 aromatic heterocycles. The molecule has 0 aliphatic carbocycles. The van der Waals surface area contributed by atoms with Crippen LogP contribution in [0.5, 0.6) is 11.5 Å². The van der Waals surface area contributed by atoms with Crippen LogP contribution in [0.3, 0.4) is 0 Å². The topological polar surface area (TPSA) is 61.7 Å². The molecule has 17 heavy (non-hydrogen) atoms. The molecule has 0 aliphatic heterocycles. The van der Waals surface area contributed by atoms with Crippen molar-refractivity contribution < 1.29 is 14.9 Å². The molecule has 0 aliphatic rings. The number of hydrogen-bond acceptors (Lipinski definition) is 4. The molecule has 0 fully saturated rings. The zero-order chi connectivity index (χ0) is 12.7. The van der Waals surface area contributed by atoms with E-state index in [1.165, 1.54) is 0 Å². The van der Waals surface area contributed by atoms with E-state index in [1.807, 2.05) is 26.0 Å². The highest BCUT2D eigenvalue weighted by atomic mass is 16.5. The fourth-order valence-electron chi connectivity index (χ4n) is 1.57. The van der Waals surface area contributed by atoms with Gasteiger partial charge in [0.05, 0.1) is 13.2 Å². The van der Waals surface area contributed by atoms with Crippen LogP contribution in [0.4, 0.5) is 0 Å². The number of para-hydroxylation sites is 1. The standard InChI is InChI=1S/C13H21NO3/c1-3-11(9-15)14-8-10-6-5-7-12(13(10)16)17-4-2/h5-7,11,14-16H,3-4,8-9H2,1-2H3/t11-/m0/s1. The summed E-state index contributed by atoms with van der Waals surface area (Å²) in [7, 11) is 0. The predicted molar refractivity (Wildman–Crippen MR) is 67.3 cm³/mol. The molecule has 0 amide bonds. The second-order valence-corrected chi connectivity index (χ2v) is 3.87. The largest absolute Gasteiger partial charge is 0.504 e. The molecule has 96 valence electrons. The van der Waals surface area contributed by atoms with Crippen molar-refractivity contribution in [3.05, 3.63) is 23.8 Å². The molecule has 0 spiro atoms. The first-order valence-corrected chi connectivity index (χ1v) is 6.00. The second-order valence-electron chi connectivity index (χ2n) is 3.87. The molecule has 0 bridgehead atoms. The van der Waals surface area contributed by atoms with Crippen molar-refractivity contribution in [2.24, 2.45) is 0 Å². The number of benzene rings is 1. The van der Waals surface area contributed by atoms with Crippen molar-refractivity contribution in [3.8, 4) is 11.5 Å². The van der Waals surface area contributed by atoms with Crippen LogP contribution in [0, 0.1) is 0 Å². The Balaban J connectivity index is 2.67. The molecule has 3 N–H and O–H groups in total. The lowest BCUT2D eigenvalue weighted by Gasteiger charge is -2.15. The second kappa shape index (κ2) is 7.14. The molecule has 1 aromatic carbocycles. The van der Waals surface area contributed by atoms with Gasteiger partial charge in [-0.15, -0.1) is 0 Å². The van der Waals surface area contributed by atoms with Gasteiger partial charge in [-0.05, 0) is 19.4 Å². The van der Waals surface area contributed by atoms with Crippen molar-refractivity contribution in [3.63, 3.8) is 0 Å².